The number of pyridine rings is 1. The molecule has 0 radical (unpaired) electrons. The van der Waals surface area contributed by atoms with Gasteiger partial charge < -0.3 is 10.6 Å². The van der Waals surface area contributed by atoms with E-state index in [0.29, 0.717) is 5.92 Å². The van der Waals surface area contributed by atoms with Crippen LogP contribution in [0.15, 0.2) is 36.5 Å². The summed E-state index contributed by atoms with van der Waals surface area (Å²) in [5, 5.41) is 7.04. The van der Waals surface area contributed by atoms with Crippen LogP contribution in [0, 0.1) is 5.92 Å². The number of hydrogen-bond donors (Lipinski definition) is 2. The summed E-state index contributed by atoms with van der Waals surface area (Å²) >= 11 is 0. The van der Waals surface area contributed by atoms with Crippen LogP contribution in [0.3, 0.4) is 0 Å². The van der Waals surface area contributed by atoms with Gasteiger partial charge in [0.1, 0.15) is 0 Å². The Hall–Kier alpha value is -2.10. The fourth-order valence-electron chi connectivity index (χ4n) is 3.07. The summed E-state index contributed by atoms with van der Waals surface area (Å²) in [6.45, 7) is 2.21. The van der Waals surface area contributed by atoms with Gasteiger partial charge in [0.05, 0.1) is 11.2 Å². The van der Waals surface area contributed by atoms with E-state index in [1.807, 2.05) is 30.3 Å². The molecule has 2 amide bonds. The highest BCUT2D eigenvalue weighted by molar-refractivity contribution is 6.00. The second-order valence-corrected chi connectivity index (χ2v) is 5.84. The van der Waals surface area contributed by atoms with Crippen molar-refractivity contribution in [3.8, 4) is 0 Å². The minimum absolute atomic E-state index is 0.120. The molecular weight excluding hydrogens is 262 g/mol. The number of nitrogens with zero attached hydrogens (tertiary/aromatic N) is 1. The lowest BCUT2D eigenvalue weighted by Crippen LogP contribution is -2.43. The van der Waals surface area contributed by atoms with Crippen LogP contribution in [-0.2, 0) is 0 Å². The predicted molar refractivity (Wildman–Crippen MR) is 85.3 cm³/mol. The number of hydrogen-bond acceptors (Lipinski definition) is 2. The molecule has 0 unspecified atom stereocenters. The largest absolute Gasteiger partial charge is 0.335 e. The van der Waals surface area contributed by atoms with Gasteiger partial charge in [0, 0.05) is 17.6 Å². The summed E-state index contributed by atoms with van der Waals surface area (Å²) in [5.41, 5.74) is 1.70. The van der Waals surface area contributed by atoms with Gasteiger partial charge in [-0.2, -0.15) is 0 Å². The predicted octanol–water partition coefficient (Wildman–Crippen LogP) is 3.94. The molecule has 0 saturated heterocycles. The Morgan fingerprint density at radius 3 is 2.90 bits per heavy atom. The fourth-order valence-corrected chi connectivity index (χ4v) is 3.07. The quantitative estimate of drug-likeness (QED) is 0.877. The third kappa shape index (κ3) is 3.15. The van der Waals surface area contributed by atoms with E-state index in [9.17, 15) is 4.79 Å². The molecule has 4 nitrogen and oxygen atoms in total. The van der Waals surface area contributed by atoms with Crippen molar-refractivity contribution in [3.05, 3.63) is 36.5 Å². The maximum absolute atomic E-state index is 12.2. The van der Waals surface area contributed by atoms with Crippen molar-refractivity contribution < 1.29 is 4.79 Å². The van der Waals surface area contributed by atoms with Gasteiger partial charge in [-0.3, -0.25) is 4.98 Å². The van der Waals surface area contributed by atoms with E-state index >= 15 is 0 Å². The molecule has 1 saturated carbocycles. The Labute approximate surface area is 125 Å². The molecule has 4 heteroatoms. The Balaban J connectivity index is 1.71. The van der Waals surface area contributed by atoms with Crippen molar-refractivity contribution >= 4 is 22.6 Å². The van der Waals surface area contributed by atoms with Crippen LogP contribution in [-0.4, -0.2) is 17.1 Å². The number of anilines is 1. The molecule has 1 aromatic heterocycles. The van der Waals surface area contributed by atoms with E-state index in [1.54, 1.807) is 6.20 Å². The highest BCUT2D eigenvalue weighted by Crippen LogP contribution is 2.24. The van der Waals surface area contributed by atoms with E-state index in [1.165, 1.54) is 19.3 Å². The third-order valence-electron chi connectivity index (χ3n) is 4.32. The topological polar surface area (TPSA) is 54.0 Å². The molecule has 1 aliphatic carbocycles. The molecule has 110 valence electrons. The summed E-state index contributed by atoms with van der Waals surface area (Å²) in [6.07, 6.45) is 6.51. The van der Waals surface area contributed by atoms with Crippen LogP contribution in [0.1, 0.15) is 32.6 Å². The van der Waals surface area contributed by atoms with Crippen LogP contribution in [0.5, 0.6) is 0 Å². The lowest BCUT2D eigenvalue weighted by atomic mass is 9.86. The molecule has 1 heterocycles. The van der Waals surface area contributed by atoms with Crippen molar-refractivity contribution in [1.82, 2.24) is 10.3 Å². The first-order valence-corrected chi connectivity index (χ1v) is 7.65. The van der Waals surface area contributed by atoms with Gasteiger partial charge in [0.2, 0.25) is 0 Å². The Bertz CT molecular complexity index is 635. The first-order chi connectivity index (χ1) is 10.2. The second-order valence-electron chi connectivity index (χ2n) is 5.84. The molecular formula is C17H21N3O. The molecule has 2 aromatic rings. The molecule has 0 spiro atoms. The van der Waals surface area contributed by atoms with E-state index in [-0.39, 0.29) is 12.1 Å². The van der Waals surface area contributed by atoms with Crippen molar-refractivity contribution in [3.63, 3.8) is 0 Å². The average Bonchev–Trinajstić information content (AvgIpc) is 2.50. The monoisotopic (exact) mass is 283 g/mol. The summed E-state index contributed by atoms with van der Waals surface area (Å²) in [4.78, 5) is 16.5. The van der Waals surface area contributed by atoms with Crippen LogP contribution in [0.25, 0.3) is 10.9 Å². The van der Waals surface area contributed by atoms with Crippen molar-refractivity contribution in [2.24, 2.45) is 5.92 Å². The van der Waals surface area contributed by atoms with Crippen molar-refractivity contribution in [1.29, 1.82) is 0 Å². The molecule has 21 heavy (non-hydrogen) atoms. The summed E-state index contributed by atoms with van der Waals surface area (Å²) in [7, 11) is 0. The Morgan fingerprint density at radius 2 is 2.05 bits per heavy atom. The lowest BCUT2D eigenvalue weighted by molar-refractivity contribution is 0.232. The summed E-state index contributed by atoms with van der Waals surface area (Å²) < 4.78 is 0. The normalized spacial score (nSPS) is 22.0. The highest BCUT2D eigenvalue weighted by atomic mass is 16.2. The van der Waals surface area contributed by atoms with Crippen LogP contribution in [0.4, 0.5) is 10.5 Å². The average molecular weight is 283 g/mol. The first-order valence-electron chi connectivity index (χ1n) is 7.65. The maximum Gasteiger partial charge on any atom is 0.319 e. The second kappa shape index (κ2) is 6.12. The molecule has 1 aliphatic rings. The van der Waals surface area contributed by atoms with Gasteiger partial charge in [0.25, 0.3) is 0 Å². The highest BCUT2D eigenvalue weighted by Gasteiger charge is 2.22. The maximum atomic E-state index is 12.2. The Kier molecular flexibility index (Phi) is 4.04. The molecule has 1 aromatic carbocycles. The van der Waals surface area contributed by atoms with Gasteiger partial charge >= 0.3 is 6.03 Å². The van der Waals surface area contributed by atoms with Gasteiger partial charge in [0.15, 0.2) is 0 Å². The van der Waals surface area contributed by atoms with Crippen LogP contribution in [0.2, 0.25) is 0 Å². The number of aromatic nitrogens is 1. The zero-order valence-corrected chi connectivity index (χ0v) is 12.3. The number of benzene rings is 1. The molecule has 0 aliphatic heterocycles. The van der Waals surface area contributed by atoms with Gasteiger partial charge in [-0.25, -0.2) is 4.79 Å². The molecule has 3 rings (SSSR count). The third-order valence-corrected chi connectivity index (χ3v) is 4.32. The van der Waals surface area contributed by atoms with E-state index < -0.39 is 0 Å². The van der Waals surface area contributed by atoms with Gasteiger partial charge in [-0.05, 0) is 43.0 Å². The number of carbonyl (C=O) groups excluding carboxylic acids is 1. The number of urea groups is 1. The summed E-state index contributed by atoms with van der Waals surface area (Å²) in [5.74, 6) is 0.554. The Morgan fingerprint density at radius 1 is 1.19 bits per heavy atom. The van der Waals surface area contributed by atoms with Crippen LogP contribution >= 0.6 is 0 Å². The number of rotatable bonds is 2. The van der Waals surface area contributed by atoms with E-state index in [2.05, 4.69) is 22.5 Å². The fraction of sp³-hybridized carbons (Fsp3) is 0.412. The van der Waals surface area contributed by atoms with E-state index in [0.717, 1.165) is 23.0 Å². The number of nitrogens with one attached hydrogen (secondary N) is 2. The summed E-state index contributed by atoms with van der Waals surface area (Å²) in [6, 6.07) is 9.79. The zero-order chi connectivity index (χ0) is 14.7. The minimum Gasteiger partial charge on any atom is -0.335 e. The minimum atomic E-state index is -0.120. The molecule has 2 N–H and O–H groups in total. The first kappa shape index (κ1) is 13.9. The molecule has 0 bridgehead atoms. The number of amides is 2. The van der Waals surface area contributed by atoms with Crippen molar-refractivity contribution in [2.45, 2.75) is 38.6 Å². The lowest BCUT2D eigenvalue weighted by Gasteiger charge is -2.29. The van der Waals surface area contributed by atoms with Crippen molar-refractivity contribution in [2.75, 3.05) is 5.32 Å². The molecule has 1 fully saturated rings. The zero-order valence-electron chi connectivity index (χ0n) is 12.3. The molecule has 2 atom stereocenters. The van der Waals surface area contributed by atoms with Crippen LogP contribution < -0.4 is 10.6 Å². The van der Waals surface area contributed by atoms with E-state index in [4.69, 9.17) is 0 Å². The SMILES string of the molecule is C[C@H]1CCCC[C@@H]1NC(=O)Nc1cccc2ncccc12. The smallest absolute Gasteiger partial charge is 0.319 e. The number of carbonyl (C=O) groups is 1. The van der Waals surface area contributed by atoms with Gasteiger partial charge in [-0.15, -0.1) is 0 Å². The number of fused-ring (bicyclic) bond motifs is 1. The van der Waals surface area contributed by atoms with Gasteiger partial charge in [-0.1, -0.05) is 25.8 Å². The standard InChI is InChI=1S/C17H21N3O/c1-12-6-2-3-8-14(12)19-17(21)20-16-10-4-9-15-13(16)7-5-11-18-15/h4-5,7,9-12,14H,2-3,6,8H2,1H3,(H2,19,20,21)/t12-,14-/m0/s1.